The number of hydrogen-bond donors (Lipinski definition) is 1. The van der Waals surface area contributed by atoms with Gasteiger partial charge < -0.3 is 10.5 Å². The van der Waals surface area contributed by atoms with E-state index in [0.29, 0.717) is 13.2 Å². The molecule has 4 heteroatoms. The molecule has 2 N–H and O–H groups in total. The van der Waals surface area contributed by atoms with Crippen molar-refractivity contribution in [1.29, 1.82) is 0 Å². The van der Waals surface area contributed by atoms with Gasteiger partial charge in [-0.1, -0.05) is 11.6 Å². The van der Waals surface area contributed by atoms with Crippen LogP contribution in [0, 0.1) is 6.92 Å². The summed E-state index contributed by atoms with van der Waals surface area (Å²) in [5.41, 5.74) is 9.95. The first kappa shape index (κ1) is 13.6. The summed E-state index contributed by atoms with van der Waals surface area (Å²) >= 11 is 0. The van der Waals surface area contributed by atoms with E-state index >= 15 is 0 Å². The number of nitrogens with two attached hydrogens (primary N) is 1. The third-order valence-electron chi connectivity index (χ3n) is 3.08. The summed E-state index contributed by atoms with van der Waals surface area (Å²) < 4.78 is 7.62. The SMILES string of the molecule is CCOc1ccc(C)cc1-c1cc(CN)n(CC)n1. The lowest BCUT2D eigenvalue weighted by atomic mass is 10.1. The highest BCUT2D eigenvalue weighted by Crippen LogP contribution is 2.30. The molecule has 1 heterocycles. The van der Waals surface area contributed by atoms with E-state index in [1.165, 1.54) is 5.56 Å². The summed E-state index contributed by atoms with van der Waals surface area (Å²) in [4.78, 5) is 0. The molecule has 4 nitrogen and oxygen atoms in total. The highest BCUT2D eigenvalue weighted by atomic mass is 16.5. The topological polar surface area (TPSA) is 53.1 Å². The maximum Gasteiger partial charge on any atom is 0.128 e. The first-order valence-electron chi connectivity index (χ1n) is 6.70. The predicted octanol–water partition coefficient (Wildman–Crippen LogP) is 2.74. The second kappa shape index (κ2) is 5.89. The fraction of sp³-hybridized carbons (Fsp3) is 0.400. The highest BCUT2D eigenvalue weighted by Gasteiger charge is 2.12. The van der Waals surface area contributed by atoms with Crippen LogP contribution in [0.4, 0.5) is 0 Å². The molecule has 0 saturated carbocycles. The van der Waals surface area contributed by atoms with Gasteiger partial charge in [0, 0.05) is 18.7 Å². The minimum absolute atomic E-state index is 0.497. The molecule has 0 radical (unpaired) electrons. The van der Waals surface area contributed by atoms with Crippen molar-refractivity contribution in [3.05, 3.63) is 35.5 Å². The lowest BCUT2D eigenvalue weighted by molar-refractivity contribution is 0.341. The van der Waals surface area contributed by atoms with Crippen LogP contribution >= 0.6 is 0 Å². The van der Waals surface area contributed by atoms with Crippen molar-refractivity contribution in [3.8, 4) is 17.0 Å². The molecule has 0 unspecified atom stereocenters. The Bertz CT molecular complexity index is 539. The zero-order valence-corrected chi connectivity index (χ0v) is 11.8. The average Bonchev–Trinajstić information content (AvgIpc) is 2.84. The van der Waals surface area contributed by atoms with E-state index in [9.17, 15) is 0 Å². The van der Waals surface area contributed by atoms with Crippen molar-refractivity contribution >= 4 is 0 Å². The quantitative estimate of drug-likeness (QED) is 0.898. The van der Waals surface area contributed by atoms with E-state index in [0.717, 1.165) is 29.2 Å². The van der Waals surface area contributed by atoms with E-state index < -0.39 is 0 Å². The van der Waals surface area contributed by atoms with Crippen LogP contribution in [0.1, 0.15) is 25.1 Å². The van der Waals surface area contributed by atoms with Gasteiger partial charge in [0.1, 0.15) is 5.75 Å². The van der Waals surface area contributed by atoms with Crippen LogP contribution in [0.25, 0.3) is 11.3 Å². The van der Waals surface area contributed by atoms with E-state index in [4.69, 9.17) is 10.5 Å². The summed E-state index contributed by atoms with van der Waals surface area (Å²) in [6.07, 6.45) is 0. The Morgan fingerprint density at radius 2 is 2.05 bits per heavy atom. The molecule has 0 aliphatic rings. The van der Waals surface area contributed by atoms with Crippen LogP contribution in [-0.4, -0.2) is 16.4 Å². The highest BCUT2D eigenvalue weighted by molar-refractivity contribution is 5.68. The Morgan fingerprint density at radius 3 is 2.63 bits per heavy atom. The summed E-state index contributed by atoms with van der Waals surface area (Å²) in [7, 11) is 0. The Morgan fingerprint density at radius 1 is 1.26 bits per heavy atom. The minimum Gasteiger partial charge on any atom is -0.493 e. The molecule has 102 valence electrons. The number of aryl methyl sites for hydroxylation is 2. The van der Waals surface area contributed by atoms with Crippen molar-refractivity contribution in [2.24, 2.45) is 5.73 Å². The first-order valence-corrected chi connectivity index (χ1v) is 6.70. The molecule has 19 heavy (non-hydrogen) atoms. The molecular weight excluding hydrogens is 238 g/mol. The lowest BCUT2D eigenvalue weighted by Gasteiger charge is -2.09. The van der Waals surface area contributed by atoms with Gasteiger partial charge in [-0.15, -0.1) is 0 Å². The van der Waals surface area contributed by atoms with Crippen LogP contribution in [0.15, 0.2) is 24.3 Å². The van der Waals surface area contributed by atoms with Gasteiger partial charge in [0.25, 0.3) is 0 Å². The molecule has 2 rings (SSSR count). The molecule has 0 atom stereocenters. The second-order valence-electron chi connectivity index (χ2n) is 4.47. The zero-order chi connectivity index (χ0) is 13.8. The third kappa shape index (κ3) is 2.79. The normalized spacial score (nSPS) is 10.7. The van der Waals surface area contributed by atoms with E-state index in [1.807, 2.05) is 23.7 Å². The molecular formula is C15H21N3O. The molecule has 1 aromatic carbocycles. The number of hydrogen-bond acceptors (Lipinski definition) is 3. The molecule has 1 aromatic heterocycles. The van der Waals surface area contributed by atoms with Crippen molar-refractivity contribution in [3.63, 3.8) is 0 Å². The summed E-state index contributed by atoms with van der Waals surface area (Å²) in [6.45, 7) is 8.09. The zero-order valence-electron chi connectivity index (χ0n) is 11.8. The first-order chi connectivity index (χ1) is 9.19. The van der Waals surface area contributed by atoms with Crippen LogP contribution in [0.3, 0.4) is 0 Å². The Kier molecular flexibility index (Phi) is 4.22. The van der Waals surface area contributed by atoms with Crippen LogP contribution in [0.5, 0.6) is 5.75 Å². The maximum atomic E-state index is 5.75. The number of ether oxygens (including phenoxy) is 1. The van der Waals surface area contributed by atoms with Crippen LogP contribution in [0.2, 0.25) is 0 Å². The molecule has 0 bridgehead atoms. The molecule has 0 aliphatic carbocycles. The molecule has 0 aliphatic heterocycles. The molecule has 2 aromatic rings. The van der Waals surface area contributed by atoms with Crippen molar-refractivity contribution in [2.45, 2.75) is 33.9 Å². The molecule has 0 amide bonds. The van der Waals surface area contributed by atoms with Gasteiger partial charge in [-0.05, 0) is 39.0 Å². The number of nitrogens with zero attached hydrogens (tertiary/aromatic N) is 2. The smallest absolute Gasteiger partial charge is 0.128 e. The van der Waals surface area contributed by atoms with Crippen molar-refractivity contribution in [2.75, 3.05) is 6.61 Å². The summed E-state index contributed by atoms with van der Waals surface area (Å²) in [5, 5.41) is 4.61. The van der Waals surface area contributed by atoms with Crippen LogP contribution < -0.4 is 10.5 Å². The molecule has 0 spiro atoms. The maximum absolute atomic E-state index is 5.75. The number of aromatic nitrogens is 2. The van der Waals surface area contributed by atoms with E-state index in [-0.39, 0.29) is 0 Å². The van der Waals surface area contributed by atoms with Crippen molar-refractivity contribution in [1.82, 2.24) is 9.78 Å². The van der Waals surface area contributed by atoms with Gasteiger partial charge in [0.15, 0.2) is 0 Å². The largest absolute Gasteiger partial charge is 0.493 e. The van der Waals surface area contributed by atoms with Crippen LogP contribution in [-0.2, 0) is 13.1 Å². The monoisotopic (exact) mass is 259 g/mol. The Labute approximate surface area is 114 Å². The Balaban J connectivity index is 2.50. The number of rotatable bonds is 5. The van der Waals surface area contributed by atoms with Gasteiger partial charge in [0.05, 0.1) is 18.0 Å². The average molecular weight is 259 g/mol. The lowest BCUT2D eigenvalue weighted by Crippen LogP contribution is -2.06. The Hall–Kier alpha value is -1.81. The second-order valence-corrected chi connectivity index (χ2v) is 4.47. The summed E-state index contributed by atoms with van der Waals surface area (Å²) in [6, 6.07) is 8.20. The van der Waals surface area contributed by atoms with E-state index in [1.54, 1.807) is 0 Å². The van der Waals surface area contributed by atoms with E-state index in [2.05, 4.69) is 31.1 Å². The fourth-order valence-electron chi connectivity index (χ4n) is 2.15. The molecule has 0 saturated heterocycles. The molecule has 0 fully saturated rings. The van der Waals surface area contributed by atoms with Gasteiger partial charge in [-0.25, -0.2) is 0 Å². The van der Waals surface area contributed by atoms with Gasteiger partial charge in [0.2, 0.25) is 0 Å². The van der Waals surface area contributed by atoms with Crippen molar-refractivity contribution < 1.29 is 4.74 Å². The predicted molar refractivity (Wildman–Crippen MR) is 77.1 cm³/mol. The van der Waals surface area contributed by atoms with Gasteiger partial charge in [-0.3, -0.25) is 4.68 Å². The van der Waals surface area contributed by atoms with Gasteiger partial charge >= 0.3 is 0 Å². The standard InChI is InChI=1S/C15H21N3O/c1-4-18-12(10-16)9-14(17-18)13-8-11(3)6-7-15(13)19-5-2/h6-9H,4-5,10,16H2,1-3H3. The van der Waals surface area contributed by atoms with Gasteiger partial charge in [-0.2, -0.15) is 5.10 Å². The number of benzene rings is 1. The third-order valence-corrected chi connectivity index (χ3v) is 3.08. The summed E-state index contributed by atoms with van der Waals surface area (Å²) in [5.74, 6) is 0.873. The fourth-order valence-corrected chi connectivity index (χ4v) is 2.15. The minimum atomic E-state index is 0.497.